The van der Waals surface area contributed by atoms with Gasteiger partial charge in [0.25, 0.3) is 5.91 Å². The van der Waals surface area contributed by atoms with E-state index in [2.05, 4.69) is 0 Å². The monoisotopic (exact) mass is 297 g/mol. The molecule has 0 heterocycles. The zero-order chi connectivity index (χ0) is 14.5. The van der Waals surface area contributed by atoms with E-state index in [9.17, 15) is 4.79 Å². The number of hydrogen-bond donors (Lipinski definition) is 1. The maximum absolute atomic E-state index is 12.4. The molecule has 110 valence electrons. The lowest BCUT2D eigenvalue weighted by atomic mass is 9.91. The SMILES string of the molecule is CC(Oc1ccccc1Cl)C(=O)N(CCO)C1CCC1. The van der Waals surface area contributed by atoms with E-state index in [1.54, 1.807) is 24.0 Å². The van der Waals surface area contributed by atoms with Crippen LogP contribution in [0.4, 0.5) is 0 Å². The Hall–Kier alpha value is -1.26. The number of hydrogen-bond acceptors (Lipinski definition) is 3. The number of halogens is 1. The van der Waals surface area contributed by atoms with Crippen LogP contribution in [0, 0.1) is 0 Å². The molecule has 0 aromatic heterocycles. The Labute approximate surface area is 124 Å². The van der Waals surface area contributed by atoms with E-state index in [4.69, 9.17) is 21.4 Å². The van der Waals surface area contributed by atoms with Gasteiger partial charge < -0.3 is 14.7 Å². The number of aliphatic hydroxyl groups is 1. The first-order valence-corrected chi connectivity index (χ1v) is 7.34. The molecule has 1 aromatic rings. The molecule has 4 nitrogen and oxygen atoms in total. The second-order valence-electron chi connectivity index (χ2n) is 5.03. The van der Waals surface area contributed by atoms with Crippen LogP contribution in [-0.2, 0) is 4.79 Å². The molecule has 1 atom stereocenters. The summed E-state index contributed by atoms with van der Waals surface area (Å²) in [6.07, 6.45) is 2.54. The molecule has 1 fully saturated rings. The standard InChI is InChI=1S/C15H20ClNO3/c1-11(20-14-8-3-2-7-13(14)16)15(19)17(9-10-18)12-5-4-6-12/h2-3,7-8,11-12,18H,4-6,9-10H2,1H3. The van der Waals surface area contributed by atoms with Crippen molar-refractivity contribution in [1.82, 2.24) is 4.90 Å². The molecule has 1 amide bonds. The fraction of sp³-hybridized carbons (Fsp3) is 0.533. The summed E-state index contributed by atoms with van der Waals surface area (Å²) in [4.78, 5) is 14.2. The largest absolute Gasteiger partial charge is 0.479 e. The topological polar surface area (TPSA) is 49.8 Å². The van der Waals surface area contributed by atoms with Crippen molar-refractivity contribution in [3.63, 3.8) is 0 Å². The first-order valence-electron chi connectivity index (χ1n) is 6.96. The molecular formula is C15H20ClNO3. The van der Waals surface area contributed by atoms with Crippen molar-refractivity contribution >= 4 is 17.5 Å². The van der Waals surface area contributed by atoms with E-state index >= 15 is 0 Å². The van der Waals surface area contributed by atoms with Gasteiger partial charge in [-0.3, -0.25) is 4.79 Å². The summed E-state index contributed by atoms with van der Waals surface area (Å²) in [5.74, 6) is 0.413. The van der Waals surface area contributed by atoms with Crippen LogP contribution in [0.3, 0.4) is 0 Å². The van der Waals surface area contributed by atoms with E-state index < -0.39 is 6.10 Å². The van der Waals surface area contributed by atoms with Gasteiger partial charge in [-0.2, -0.15) is 0 Å². The second-order valence-corrected chi connectivity index (χ2v) is 5.44. The molecule has 1 unspecified atom stereocenters. The van der Waals surface area contributed by atoms with E-state index in [1.807, 2.05) is 12.1 Å². The third-order valence-electron chi connectivity index (χ3n) is 3.63. The predicted molar refractivity (Wildman–Crippen MR) is 78.0 cm³/mol. The Morgan fingerprint density at radius 3 is 2.75 bits per heavy atom. The van der Waals surface area contributed by atoms with Crippen LogP contribution in [0.1, 0.15) is 26.2 Å². The minimum atomic E-state index is -0.609. The molecule has 0 saturated heterocycles. The Morgan fingerprint density at radius 1 is 1.50 bits per heavy atom. The highest BCUT2D eigenvalue weighted by Crippen LogP contribution is 2.27. The molecule has 1 saturated carbocycles. The van der Waals surface area contributed by atoms with Crippen LogP contribution < -0.4 is 4.74 Å². The van der Waals surface area contributed by atoms with Crippen LogP contribution in [0.5, 0.6) is 5.75 Å². The molecule has 0 spiro atoms. The van der Waals surface area contributed by atoms with Gasteiger partial charge in [0.15, 0.2) is 6.10 Å². The summed E-state index contributed by atoms with van der Waals surface area (Å²) in [5, 5.41) is 9.60. The second kappa shape index (κ2) is 6.95. The molecule has 0 aliphatic heterocycles. The number of carbonyl (C=O) groups is 1. The van der Waals surface area contributed by atoms with Crippen molar-refractivity contribution in [2.24, 2.45) is 0 Å². The molecular weight excluding hydrogens is 278 g/mol. The van der Waals surface area contributed by atoms with Gasteiger partial charge in [-0.05, 0) is 38.3 Å². The fourth-order valence-electron chi connectivity index (χ4n) is 2.29. The van der Waals surface area contributed by atoms with Crippen molar-refractivity contribution in [2.45, 2.75) is 38.3 Å². The average molecular weight is 298 g/mol. The molecule has 2 rings (SSSR count). The molecule has 1 aliphatic rings. The lowest BCUT2D eigenvalue weighted by Gasteiger charge is -2.38. The summed E-state index contributed by atoms with van der Waals surface area (Å²) >= 11 is 6.02. The molecule has 1 aliphatic carbocycles. The third-order valence-corrected chi connectivity index (χ3v) is 3.94. The quantitative estimate of drug-likeness (QED) is 0.877. The van der Waals surface area contributed by atoms with Crippen LogP contribution >= 0.6 is 11.6 Å². The van der Waals surface area contributed by atoms with Gasteiger partial charge in [0.2, 0.25) is 0 Å². The molecule has 1 aromatic carbocycles. The number of para-hydroxylation sites is 1. The van der Waals surface area contributed by atoms with Crippen molar-refractivity contribution in [3.05, 3.63) is 29.3 Å². The number of amides is 1. The lowest BCUT2D eigenvalue weighted by molar-refractivity contribution is -0.142. The van der Waals surface area contributed by atoms with Gasteiger partial charge in [-0.15, -0.1) is 0 Å². The van der Waals surface area contributed by atoms with E-state index in [1.165, 1.54) is 0 Å². The van der Waals surface area contributed by atoms with Crippen LogP contribution in [0.15, 0.2) is 24.3 Å². The number of rotatable bonds is 6. The van der Waals surface area contributed by atoms with Gasteiger partial charge in [-0.25, -0.2) is 0 Å². The number of carbonyl (C=O) groups excluding carboxylic acids is 1. The molecule has 0 bridgehead atoms. The summed E-state index contributed by atoms with van der Waals surface area (Å²) in [7, 11) is 0. The van der Waals surface area contributed by atoms with E-state index in [-0.39, 0.29) is 18.6 Å². The van der Waals surface area contributed by atoms with Crippen LogP contribution in [0.2, 0.25) is 5.02 Å². The highest BCUT2D eigenvalue weighted by Gasteiger charge is 2.31. The normalized spacial score (nSPS) is 16.4. The maximum Gasteiger partial charge on any atom is 0.263 e. The van der Waals surface area contributed by atoms with Gasteiger partial charge in [0.05, 0.1) is 11.6 Å². The number of aliphatic hydroxyl groups excluding tert-OH is 1. The predicted octanol–water partition coefficient (Wildman–Crippen LogP) is 2.48. The van der Waals surface area contributed by atoms with Gasteiger partial charge in [0, 0.05) is 12.6 Å². The van der Waals surface area contributed by atoms with Gasteiger partial charge in [0.1, 0.15) is 5.75 Å². The zero-order valence-electron chi connectivity index (χ0n) is 11.6. The van der Waals surface area contributed by atoms with Crippen molar-refractivity contribution < 1.29 is 14.6 Å². The molecule has 20 heavy (non-hydrogen) atoms. The van der Waals surface area contributed by atoms with Crippen molar-refractivity contribution in [2.75, 3.05) is 13.2 Å². The Bertz CT molecular complexity index is 462. The molecule has 1 N–H and O–H groups in total. The Morgan fingerprint density at radius 2 is 2.20 bits per heavy atom. The van der Waals surface area contributed by atoms with Gasteiger partial charge >= 0.3 is 0 Å². The summed E-state index contributed by atoms with van der Waals surface area (Å²) < 4.78 is 5.65. The lowest BCUT2D eigenvalue weighted by Crippen LogP contribution is -2.50. The average Bonchev–Trinajstić information content (AvgIpc) is 2.38. The summed E-state index contributed by atoms with van der Waals surface area (Å²) in [5.41, 5.74) is 0. The van der Waals surface area contributed by atoms with Crippen molar-refractivity contribution in [1.29, 1.82) is 0 Å². The van der Waals surface area contributed by atoms with Crippen LogP contribution in [0.25, 0.3) is 0 Å². The maximum atomic E-state index is 12.4. The minimum absolute atomic E-state index is 0.0267. The third kappa shape index (κ3) is 3.44. The summed E-state index contributed by atoms with van der Waals surface area (Å²) in [6.45, 7) is 2.05. The van der Waals surface area contributed by atoms with E-state index in [0.29, 0.717) is 17.3 Å². The van der Waals surface area contributed by atoms with Gasteiger partial charge in [-0.1, -0.05) is 23.7 Å². The number of benzene rings is 1. The smallest absolute Gasteiger partial charge is 0.263 e. The van der Waals surface area contributed by atoms with Crippen LogP contribution in [-0.4, -0.2) is 41.2 Å². The highest BCUT2D eigenvalue weighted by atomic mass is 35.5. The number of ether oxygens (including phenoxy) is 1. The number of nitrogens with zero attached hydrogens (tertiary/aromatic N) is 1. The Balaban J connectivity index is 2.01. The Kier molecular flexibility index (Phi) is 5.26. The van der Waals surface area contributed by atoms with Crippen molar-refractivity contribution in [3.8, 4) is 5.75 Å². The zero-order valence-corrected chi connectivity index (χ0v) is 12.3. The summed E-state index contributed by atoms with van der Waals surface area (Å²) in [6, 6.07) is 7.34. The fourth-order valence-corrected chi connectivity index (χ4v) is 2.47. The minimum Gasteiger partial charge on any atom is -0.479 e. The molecule has 5 heteroatoms. The highest BCUT2D eigenvalue weighted by molar-refractivity contribution is 6.32. The first kappa shape index (κ1) is 15.1. The first-order chi connectivity index (χ1) is 9.63. The van der Waals surface area contributed by atoms with E-state index in [0.717, 1.165) is 19.3 Å². The molecule has 0 radical (unpaired) electrons.